The van der Waals surface area contributed by atoms with E-state index in [1.54, 1.807) is 30.3 Å². The van der Waals surface area contributed by atoms with Crippen molar-refractivity contribution in [3.8, 4) is 0 Å². The smallest absolute Gasteiger partial charge is 0.354 e. The molecule has 7 nitrogen and oxygen atoms in total. The minimum Gasteiger partial charge on any atom is -0.354 e. The first kappa shape index (κ1) is 32.6. The Hall–Kier alpha value is -3.93. The molecule has 12 heteroatoms. The van der Waals surface area contributed by atoms with Gasteiger partial charge in [0.2, 0.25) is 21.8 Å². The van der Waals surface area contributed by atoms with E-state index in [4.69, 9.17) is 0 Å². The molecule has 3 aromatic carbocycles. The molecule has 0 spiro atoms. The summed E-state index contributed by atoms with van der Waals surface area (Å²) in [6.07, 6.45) is -2.39. The van der Waals surface area contributed by atoms with Crippen LogP contribution in [0.25, 0.3) is 0 Å². The van der Waals surface area contributed by atoms with Gasteiger partial charge in [-0.2, -0.15) is 13.2 Å². The number of carbonyl (C=O) groups is 2. The van der Waals surface area contributed by atoms with Gasteiger partial charge in [0.05, 0.1) is 17.5 Å². The number of hydrogen-bond acceptors (Lipinski definition) is 4. The van der Waals surface area contributed by atoms with Crippen LogP contribution in [0.15, 0.2) is 78.9 Å². The molecule has 0 aromatic heterocycles. The van der Waals surface area contributed by atoms with Gasteiger partial charge in [0.25, 0.3) is 0 Å². The number of amides is 2. The summed E-state index contributed by atoms with van der Waals surface area (Å²) in [6.45, 7) is 1.25. The highest BCUT2D eigenvalue weighted by molar-refractivity contribution is 7.92. The SMILES string of the molecule is CCCCNC(=O)[C@H](Cc1ccccc1)N(Cc1ccc(F)cc1)C(=O)CN(c1cccc(C(F)(F)F)c1)S(C)(=O)=O. The molecule has 0 heterocycles. The van der Waals surface area contributed by atoms with Gasteiger partial charge in [0.1, 0.15) is 18.4 Å². The molecule has 0 saturated heterocycles. The summed E-state index contributed by atoms with van der Waals surface area (Å²) in [5.41, 5.74) is -0.243. The van der Waals surface area contributed by atoms with Crippen molar-refractivity contribution < 1.29 is 35.6 Å². The second kappa shape index (κ2) is 14.3. The molecule has 0 aliphatic carbocycles. The topological polar surface area (TPSA) is 86.8 Å². The molecule has 0 bridgehead atoms. The van der Waals surface area contributed by atoms with Crippen LogP contribution in [-0.4, -0.2) is 50.5 Å². The number of hydrogen-bond donors (Lipinski definition) is 1. The monoisotopic (exact) mass is 607 g/mol. The van der Waals surface area contributed by atoms with Gasteiger partial charge in [-0.05, 0) is 47.9 Å². The average molecular weight is 608 g/mol. The third-order valence-corrected chi connectivity index (χ3v) is 7.65. The number of carbonyl (C=O) groups excluding carboxylic acids is 2. The molecule has 2 amide bonds. The fourth-order valence-corrected chi connectivity index (χ4v) is 5.14. The molecule has 1 atom stereocenters. The van der Waals surface area contributed by atoms with E-state index in [0.717, 1.165) is 36.4 Å². The van der Waals surface area contributed by atoms with Crippen molar-refractivity contribution in [1.29, 1.82) is 0 Å². The maximum atomic E-state index is 13.9. The number of anilines is 1. The van der Waals surface area contributed by atoms with Crippen molar-refractivity contribution in [2.75, 3.05) is 23.7 Å². The zero-order valence-corrected chi connectivity index (χ0v) is 24.1. The second-order valence-electron chi connectivity index (χ2n) is 9.82. The van der Waals surface area contributed by atoms with Crippen LogP contribution in [0.2, 0.25) is 0 Å². The normalized spacial score (nSPS) is 12.4. The predicted molar refractivity (Wildman–Crippen MR) is 152 cm³/mol. The van der Waals surface area contributed by atoms with E-state index in [2.05, 4.69) is 5.32 Å². The summed E-state index contributed by atoms with van der Waals surface area (Å²) in [4.78, 5) is 28.6. The van der Waals surface area contributed by atoms with E-state index in [-0.39, 0.29) is 18.7 Å². The molecular weight excluding hydrogens is 574 g/mol. The minimum absolute atomic E-state index is 0.0775. The Bertz CT molecular complexity index is 1450. The van der Waals surface area contributed by atoms with E-state index >= 15 is 0 Å². The van der Waals surface area contributed by atoms with Crippen molar-refractivity contribution in [2.45, 2.75) is 44.9 Å². The molecule has 1 N–H and O–H groups in total. The zero-order valence-electron chi connectivity index (χ0n) is 23.3. The first-order valence-electron chi connectivity index (χ1n) is 13.3. The number of benzene rings is 3. The molecule has 3 aromatic rings. The Labute approximate surface area is 243 Å². The van der Waals surface area contributed by atoms with E-state index in [9.17, 15) is 35.6 Å². The third-order valence-electron chi connectivity index (χ3n) is 6.51. The lowest BCUT2D eigenvalue weighted by molar-refractivity contribution is -0.140. The summed E-state index contributed by atoms with van der Waals surface area (Å²) in [6, 6.07) is 16.7. The number of alkyl halides is 3. The van der Waals surface area contributed by atoms with Crippen LogP contribution in [0, 0.1) is 5.82 Å². The van der Waals surface area contributed by atoms with Crippen molar-refractivity contribution in [3.63, 3.8) is 0 Å². The number of halogens is 4. The number of rotatable bonds is 13. The molecule has 42 heavy (non-hydrogen) atoms. The van der Waals surface area contributed by atoms with Crippen LogP contribution < -0.4 is 9.62 Å². The number of nitrogens with one attached hydrogen (secondary N) is 1. The molecule has 0 unspecified atom stereocenters. The molecule has 0 aliphatic heterocycles. The van der Waals surface area contributed by atoms with Gasteiger partial charge in [-0.1, -0.05) is 61.9 Å². The predicted octanol–water partition coefficient (Wildman–Crippen LogP) is 5.17. The highest BCUT2D eigenvalue weighted by Crippen LogP contribution is 2.32. The van der Waals surface area contributed by atoms with E-state index in [1.165, 1.54) is 29.2 Å². The van der Waals surface area contributed by atoms with E-state index in [1.807, 2.05) is 6.92 Å². The van der Waals surface area contributed by atoms with Gasteiger partial charge < -0.3 is 10.2 Å². The maximum absolute atomic E-state index is 13.9. The van der Waals surface area contributed by atoms with Crippen LogP contribution >= 0.6 is 0 Å². The molecule has 0 radical (unpaired) electrons. The Morgan fingerprint density at radius 3 is 2.19 bits per heavy atom. The quantitative estimate of drug-likeness (QED) is 0.215. The fraction of sp³-hybridized carbons (Fsp3) is 0.333. The van der Waals surface area contributed by atoms with Crippen LogP contribution in [0.5, 0.6) is 0 Å². The van der Waals surface area contributed by atoms with Crippen LogP contribution in [-0.2, 0) is 38.8 Å². The van der Waals surface area contributed by atoms with Crippen molar-refractivity contribution in [2.24, 2.45) is 0 Å². The second-order valence-corrected chi connectivity index (χ2v) is 11.7. The van der Waals surface area contributed by atoms with Gasteiger partial charge in [-0.25, -0.2) is 12.8 Å². The zero-order chi connectivity index (χ0) is 30.9. The van der Waals surface area contributed by atoms with Gasteiger partial charge >= 0.3 is 6.18 Å². The van der Waals surface area contributed by atoms with Crippen LogP contribution in [0.3, 0.4) is 0 Å². The number of unbranched alkanes of at least 4 members (excludes halogenated alkanes) is 1. The van der Waals surface area contributed by atoms with Gasteiger partial charge in [-0.3, -0.25) is 13.9 Å². The Balaban J connectivity index is 2.05. The average Bonchev–Trinajstić information content (AvgIpc) is 2.94. The van der Waals surface area contributed by atoms with E-state index < -0.39 is 52.0 Å². The Morgan fingerprint density at radius 2 is 1.60 bits per heavy atom. The van der Waals surface area contributed by atoms with Crippen molar-refractivity contribution >= 4 is 27.5 Å². The summed E-state index contributed by atoms with van der Waals surface area (Å²) in [5.74, 6) is -1.82. The summed E-state index contributed by atoms with van der Waals surface area (Å²) < 4.78 is 80.0. The fourth-order valence-electron chi connectivity index (χ4n) is 4.30. The molecular formula is C30H33F4N3O4S. The highest BCUT2D eigenvalue weighted by atomic mass is 32.2. The van der Waals surface area contributed by atoms with Crippen molar-refractivity contribution in [1.82, 2.24) is 10.2 Å². The maximum Gasteiger partial charge on any atom is 0.416 e. The molecule has 0 aliphatic rings. The number of nitrogens with zero attached hydrogens (tertiary/aromatic N) is 2. The van der Waals surface area contributed by atoms with Gasteiger partial charge in [0.15, 0.2) is 0 Å². The molecule has 3 rings (SSSR count). The lowest BCUT2D eigenvalue weighted by Gasteiger charge is -2.33. The lowest BCUT2D eigenvalue weighted by Crippen LogP contribution is -2.53. The first-order chi connectivity index (χ1) is 19.8. The summed E-state index contributed by atoms with van der Waals surface area (Å²) in [7, 11) is -4.24. The Kier molecular flexibility index (Phi) is 11.1. The first-order valence-corrected chi connectivity index (χ1v) is 15.1. The summed E-state index contributed by atoms with van der Waals surface area (Å²) >= 11 is 0. The molecule has 226 valence electrons. The van der Waals surface area contributed by atoms with Gasteiger partial charge in [-0.15, -0.1) is 0 Å². The summed E-state index contributed by atoms with van der Waals surface area (Å²) in [5, 5.41) is 2.82. The molecule has 0 saturated carbocycles. The Morgan fingerprint density at radius 1 is 0.929 bits per heavy atom. The highest BCUT2D eigenvalue weighted by Gasteiger charge is 2.35. The van der Waals surface area contributed by atoms with Gasteiger partial charge in [0, 0.05) is 19.5 Å². The van der Waals surface area contributed by atoms with Crippen LogP contribution in [0.1, 0.15) is 36.5 Å². The van der Waals surface area contributed by atoms with E-state index in [0.29, 0.717) is 28.9 Å². The molecule has 0 fully saturated rings. The minimum atomic E-state index is -4.74. The lowest BCUT2D eigenvalue weighted by atomic mass is 10.0. The standard InChI is InChI=1S/C30H33F4N3O4S/c1-3-4-17-35-29(39)27(18-22-9-6-5-7-10-22)36(20-23-13-15-25(31)16-14-23)28(38)21-37(42(2,40)41)26-12-8-11-24(19-26)30(32,33)34/h5-16,19,27H,3-4,17-18,20-21H2,1-2H3,(H,35,39)/t27-/m0/s1. The number of sulfonamides is 1. The largest absolute Gasteiger partial charge is 0.416 e. The third kappa shape index (κ3) is 9.30. The van der Waals surface area contributed by atoms with Crippen LogP contribution in [0.4, 0.5) is 23.2 Å². The van der Waals surface area contributed by atoms with Crippen molar-refractivity contribution in [3.05, 3.63) is 101 Å².